The van der Waals surface area contributed by atoms with Crippen molar-refractivity contribution >= 4 is 24.3 Å². The van der Waals surface area contributed by atoms with Crippen molar-refractivity contribution in [3.8, 4) is 23.0 Å². The second-order valence-corrected chi connectivity index (χ2v) is 24.4. The van der Waals surface area contributed by atoms with E-state index in [4.69, 9.17) is 18.9 Å². The minimum Gasteiger partial charge on any atom is -0.493 e. The van der Waals surface area contributed by atoms with Gasteiger partial charge in [0.05, 0.1) is 135 Å². The Morgan fingerprint density at radius 2 is 0.486 bits per heavy atom. The lowest BCUT2D eigenvalue weighted by Crippen LogP contribution is -2.41. The van der Waals surface area contributed by atoms with E-state index >= 15 is 0 Å². The van der Waals surface area contributed by atoms with Gasteiger partial charge >= 0.3 is 0 Å². The molecule has 0 saturated heterocycles. The van der Waals surface area contributed by atoms with Gasteiger partial charge < -0.3 is 36.9 Å². The molecule has 0 N–H and O–H groups in total. The lowest BCUT2D eigenvalue weighted by atomic mass is 10.1. The predicted molar refractivity (Wildman–Crippen MR) is 322 cm³/mol. The van der Waals surface area contributed by atoms with Crippen molar-refractivity contribution in [3.05, 3.63) is 82.9 Å². The van der Waals surface area contributed by atoms with Crippen molar-refractivity contribution < 1.29 is 36.9 Å². The minimum absolute atomic E-state index is 0.696. The summed E-state index contributed by atoms with van der Waals surface area (Å²) in [4.78, 5) is 0. The molecule has 74 heavy (non-hydrogen) atoms. The molecule has 8 nitrogen and oxygen atoms in total. The zero-order chi connectivity index (χ0) is 54.0. The van der Waals surface area contributed by atoms with Gasteiger partial charge in [-0.15, -0.1) is 0 Å². The number of nitrogens with zero attached hydrogens (tertiary/aromatic N) is 4. The molecule has 0 aliphatic heterocycles. The molecule has 0 bridgehead atoms. The van der Waals surface area contributed by atoms with E-state index in [9.17, 15) is 0 Å². The van der Waals surface area contributed by atoms with Crippen LogP contribution in [0.25, 0.3) is 24.3 Å². The monoisotopic (exact) mass is 1030 g/mol. The van der Waals surface area contributed by atoms with Crippen LogP contribution in [0.1, 0.15) is 178 Å². The van der Waals surface area contributed by atoms with Gasteiger partial charge in [0.2, 0.25) is 0 Å². The van der Waals surface area contributed by atoms with E-state index in [1.54, 1.807) is 0 Å². The van der Waals surface area contributed by atoms with Crippen molar-refractivity contribution in [2.24, 2.45) is 0 Å². The Morgan fingerprint density at radius 1 is 0.270 bits per heavy atom. The SMILES string of the molecule is CCCCCC[N+](C)(C)CCCOc1cc(/C=C/c2ccc(/C=C/c3cc(OCCC[N+](C)(C)CCCCCC)cc(OCCC[N+](C)(C)CCCCCC)c3)cc2)cc(OCCC[N+](C)(C)CCCCCC)c1. The highest BCUT2D eigenvalue weighted by Gasteiger charge is 2.18. The first-order valence-corrected chi connectivity index (χ1v) is 30.0. The molecule has 0 radical (unpaired) electrons. The van der Waals surface area contributed by atoms with Crippen LogP contribution in [0.15, 0.2) is 60.7 Å². The average Bonchev–Trinajstić information content (AvgIpc) is 3.36. The van der Waals surface area contributed by atoms with Gasteiger partial charge in [0.15, 0.2) is 0 Å². The summed E-state index contributed by atoms with van der Waals surface area (Å²) in [5, 5.41) is 0. The second kappa shape index (κ2) is 36.3. The molecule has 0 unspecified atom stereocenters. The van der Waals surface area contributed by atoms with Crippen molar-refractivity contribution in [2.45, 2.75) is 156 Å². The topological polar surface area (TPSA) is 36.9 Å². The van der Waals surface area contributed by atoms with Gasteiger partial charge in [0, 0.05) is 37.8 Å². The summed E-state index contributed by atoms with van der Waals surface area (Å²) in [6, 6.07) is 21.6. The molecule has 0 heterocycles. The molecule has 0 amide bonds. The number of hydrogen-bond acceptors (Lipinski definition) is 4. The van der Waals surface area contributed by atoms with Crippen molar-refractivity contribution in [2.75, 3.05) is 135 Å². The molecule has 0 spiro atoms. The Kier molecular flexibility index (Phi) is 31.6. The first-order valence-electron chi connectivity index (χ1n) is 30.0. The molecule has 0 saturated carbocycles. The summed E-state index contributed by atoms with van der Waals surface area (Å²) < 4.78 is 30.0. The van der Waals surface area contributed by atoms with Crippen molar-refractivity contribution in [1.82, 2.24) is 0 Å². The van der Waals surface area contributed by atoms with E-state index in [0.717, 1.165) is 115 Å². The molecular formula is C66H114N4O4+4. The standard InChI is InChI=1S/C66H114N4O4/c1-13-17-21-25-41-67(5,6)45-29-49-71-63-53-61(54-64(57-63)72-50-30-46-68(7,8)42-26-22-18-14-2)39-37-59-33-35-60(36-34-59)38-40-62-55-65(73-51-31-47-69(9,10)43-27-23-19-15-3)58-66(56-62)74-52-32-48-70(11,12)44-28-24-20-16-4/h33-40,53-58H,13-32,41-52H2,1-12H3/q+4/b39-37+,40-38+. The molecule has 0 aliphatic carbocycles. The Bertz CT molecular complexity index is 1730. The van der Waals surface area contributed by atoms with Crippen LogP contribution >= 0.6 is 0 Å². The zero-order valence-corrected chi connectivity index (χ0v) is 50.1. The van der Waals surface area contributed by atoms with Crippen LogP contribution in [0.3, 0.4) is 0 Å². The van der Waals surface area contributed by atoms with Crippen LogP contribution in [0.4, 0.5) is 0 Å². The molecule has 3 aromatic carbocycles. The maximum atomic E-state index is 6.45. The smallest absolute Gasteiger partial charge is 0.123 e. The van der Waals surface area contributed by atoms with Gasteiger partial charge in [0.1, 0.15) is 23.0 Å². The van der Waals surface area contributed by atoms with Gasteiger partial charge in [-0.2, -0.15) is 0 Å². The van der Waals surface area contributed by atoms with Crippen LogP contribution in [-0.4, -0.2) is 153 Å². The number of hydrogen-bond donors (Lipinski definition) is 0. The highest BCUT2D eigenvalue weighted by molar-refractivity contribution is 5.74. The Balaban J connectivity index is 1.72. The van der Waals surface area contributed by atoms with Crippen LogP contribution in [-0.2, 0) is 0 Å². The number of quaternary nitrogens is 4. The van der Waals surface area contributed by atoms with Crippen LogP contribution < -0.4 is 18.9 Å². The average molecular weight is 1030 g/mol. The summed E-state index contributed by atoms with van der Waals surface area (Å²) in [7, 11) is 18.9. The highest BCUT2D eigenvalue weighted by Crippen LogP contribution is 2.28. The summed E-state index contributed by atoms with van der Waals surface area (Å²) in [5.41, 5.74) is 4.45. The Morgan fingerprint density at radius 3 is 0.716 bits per heavy atom. The molecule has 0 fully saturated rings. The number of rotatable bonds is 44. The Hall–Kier alpha value is -3.82. The fourth-order valence-electron chi connectivity index (χ4n) is 9.86. The maximum absolute atomic E-state index is 6.45. The lowest BCUT2D eigenvalue weighted by Gasteiger charge is -2.30. The predicted octanol–water partition coefficient (Wildman–Crippen LogP) is 15.7. The second-order valence-electron chi connectivity index (χ2n) is 24.4. The van der Waals surface area contributed by atoms with Crippen molar-refractivity contribution in [3.63, 3.8) is 0 Å². The van der Waals surface area contributed by atoms with E-state index in [2.05, 4.69) is 169 Å². The van der Waals surface area contributed by atoms with Crippen LogP contribution in [0, 0.1) is 0 Å². The zero-order valence-electron chi connectivity index (χ0n) is 50.1. The molecular weight excluding hydrogens is 913 g/mol. The normalized spacial score (nSPS) is 12.6. The fraction of sp³-hybridized carbons (Fsp3) is 0.667. The molecule has 8 heteroatoms. The van der Waals surface area contributed by atoms with Crippen LogP contribution in [0.5, 0.6) is 23.0 Å². The maximum Gasteiger partial charge on any atom is 0.123 e. The molecule has 3 rings (SSSR count). The van der Waals surface area contributed by atoms with E-state index in [1.165, 1.54) is 129 Å². The number of ether oxygens (including phenoxy) is 4. The summed E-state index contributed by atoms with van der Waals surface area (Å²) in [6.45, 7) is 21.2. The van der Waals surface area contributed by atoms with Gasteiger partial charge in [-0.1, -0.05) is 128 Å². The van der Waals surface area contributed by atoms with Crippen molar-refractivity contribution in [1.29, 1.82) is 0 Å². The third-order valence-corrected chi connectivity index (χ3v) is 14.9. The lowest BCUT2D eigenvalue weighted by molar-refractivity contribution is -0.890. The third-order valence-electron chi connectivity index (χ3n) is 14.9. The molecule has 418 valence electrons. The minimum atomic E-state index is 0.696. The first kappa shape index (κ1) is 64.5. The van der Waals surface area contributed by atoms with Gasteiger partial charge in [-0.25, -0.2) is 0 Å². The molecule has 0 aromatic heterocycles. The summed E-state index contributed by atoms with van der Waals surface area (Å²) >= 11 is 0. The first-order chi connectivity index (χ1) is 35.5. The Labute approximate surface area is 456 Å². The van der Waals surface area contributed by atoms with E-state index < -0.39 is 0 Å². The fourth-order valence-corrected chi connectivity index (χ4v) is 9.86. The van der Waals surface area contributed by atoms with Gasteiger partial charge in [-0.3, -0.25) is 0 Å². The van der Waals surface area contributed by atoms with E-state index in [0.29, 0.717) is 26.4 Å². The van der Waals surface area contributed by atoms with E-state index in [1.807, 2.05) is 0 Å². The number of unbranched alkanes of at least 4 members (excludes halogenated alkanes) is 12. The highest BCUT2D eigenvalue weighted by atomic mass is 16.5. The molecule has 0 aliphatic rings. The summed E-state index contributed by atoms with van der Waals surface area (Å²) in [5.74, 6) is 3.50. The summed E-state index contributed by atoms with van der Waals surface area (Å²) in [6.07, 6.45) is 33.8. The third kappa shape index (κ3) is 30.7. The largest absolute Gasteiger partial charge is 0.493 e. The quantitative estimate of drug-likeness (QED) is 0.0321. The van der Waals surface area contributed by atoms with Gasteiger partial charge in [-0.05, 0) is 97.9 Å². The van der Waals surface area contributed by atoms with E-state index in [-0.39, 0.29) is 0 Å². The molecule has 3 aromatic rings. The number of benzene rings is 3. The van der Waals surface area contributed by atoms with Gasteiger partial charge in [0.25, 0.3) is 0 Å². The molecule has 0 atom stereocenters. The van der Waals surface area contributed by atoms with Crippen LogP contribution in [0.2, 0.25) is 0 Å².